The number of rotatable bonds is 8. The largest absolute Gasteiger partial charge is 0.493 e. The summed E-state index contributed by atoms with van der Waals surface area (Å²) in [5, 5.41) is 0. The zero-order chi connectivity index (χ0) is 20.1. The van der Waals surface area contributed by atoms with E-state index in [9.17, 15) is 9.59 Å². The molecule has 0 bridgehead atoms. The van der Waals surface area contributed by atoms with Crippen molar-refractivity contribution >= 4 is 17.4 Å². The first-order chi connectivity index (χ1) is 13.6. The highest BCUT2D eigenvalue weighted by Gasteiger charge is 2.41. The molecule has 2 aliphatic rings. The van der Waals surface area contributed by atoms with E-state index in [0.717, 1.165) is 19.3 Å². The summed E-state index contributed by atoms with van der Waals surface area (Å²) in [5.41, 5.74) is 1.57. The van der Waals surface area contributed by atoms with Crippen molar-refractivity contribution in [2.24, 2.45) is 0 Å². The van der Waals surface area contributed by atoms with Crippen LogP contribution in [0.15, 0.2) is 23.9 Å². The van der Waals surface area contributed by atoms with Crippen LogP contribution in [0, 0.1) is 0 Å². The minimum Gasteiger partial charge on any atom is -0.493 e. The maximum atomic E-state index is 13.2. The summed E-state index contributed by atoms with van der Waals surface area (Å²) in [7, 11) is 3.12. The van der Waals surface area contributed by atoms with Gasteiger partial charge in [0.1, 0.15) is 5.70 Å². The van der Waals surface area contributed by atoms with E-state index in [0.29, 0.717) is 61.2 Å². The van der Waals surface area contributed by atoms with Crippen LogP contribution >= 0.6 is 0 Å². The van der Waals surface area contributed by atoms with E-state index < -0.39 is 0 Å². The van der Waals surface area contributed by atoms with Crippen LogP contribution in [0.5, 0.6) is 11.5 Å². The third-order valence-corrected chi connectivity index (χ3v) is 5.13. The van der Waals surface area contributed by atoms with E-state index in [1.54, 1.807) is 32.4 Å². The van der Waals surface area contributed by atoms with Gasteiger partial charge in [0.15, 0.2) is 11.5 Å². The Labute approximate surface area is 165 Å². The van der Waals surface area contributed by atoms with Crippen molar-refractivity contribution in [2.75, 3.05) is 47.1 Å². The fourth-order valence-corrected chi connectivity index (χ4v) is 3.62. The number of unbranched alkanes of at least 4 members (excludes halogenated alkanes) is 2. The SMILES string of the molecule is CCCCCN1C(=O)C(c2ccc(OC)c(OC)c2)=C(N2CCOCC2)C1=O. The molecule has 0 unspecified atom stereocenters. The highest BCUT2D eigenvalue weighted by atomic mass is 16.5. The fraction of sp³-hybridized carbons (Fsp3) is 0.524. The highest BCUT2D eigenvalue weighted by molar-refractivity contribution is 6.35. The Kier molecular flexibility index (Phi) is 6.57. The molecule has 0 aliphatic carbocycles. The zero-order valence-electron chi connectivity index (χ0n) is 16.8. The van der Waals surface area contributed by atoms with Crippen molar-refractivity contribution in [2.45, 2.75) is 26.2 Å². The smallest absolute Gasteiger partial charge is 0.277 e. The fourth-order valence-electron chi connectivity index (χ4n) is 3.62. The molecule has 2 heterocycles. The number of benzene rings is 1. The molecule has 152 valence electrons. The molecule has 0 spiro atoms. The van der Waals surface area contributed by atoms with Crippen molar-refractivity contribution in [1.29, 1.82) is 0 Å². The lowest BCUT2D eigenvalue weighted by Gasteiger charge is -2.29. The molecule has 1 fully saturated rings. The summed E-state index contributed by atoms with van der Waals surface area (Å²) < 4.78 is 16.1. The van der Waals surface area contributed by atoms with Gasteiger partial charge in [-0.2, -0.15) is 0 Å². The number of hydrogen-bond donors (Lipinski definition) is 0. The molecular weight excluding hydrogens is 360 g/mol. The third-order valence-electron chi connectivity index (χ3n) is 5.13. The second kappa shape index (κ2) is 9.10. The predicted octanol–water partition coefficient (Wildman–Crippen LogP) is 2.31. The Morgan fingerprint density at radius 1 is 1.00 bits per heavy atom. The quantitative estimate of drug-likeness (QED) is 0.503. The molecule has 0 radical (unpaired) electrons. The first-order valence-electron chi connectivity index (χ1n) is 9.77. The predicted molar refractivity (Wildman–Crippen MR) is 105 cm³/mol. The van der Waals surface area contributed by atoms with E-state index in [1.165, 1.54) is 4.90 Å². The summed E-state index contributed by atoms with van der Waals surface area (Å²) in [6, 6.07) is 5.32. The maximum absolute atomic E-state index is 13.2. The van der Waals surface area contributed by atoms with Crippen LogP contribution in [-0.2, 0) is 14.3 Å². The summed E-state index contributed by atoms with van der Waals surface area (Å²) >= 11 is 0. The summed E-state index contributed by atoms with van der Waals surface area (Å²) in [4.78, 5) is 29.8. The first kappa shape index (κ1) is 20.2. The number of ether oxygens (including phenoxy) is 3. The molecule has 3 rings (SSSR count). The highest BCUT2D eigenvalue weighted by Crippen LogP contribution is 2.36. The van der Waals surface area contributed by atoms with Gasteiger partial charge in [-0.1, -0.05) is 25.8 Å². The van der Waals surface area contributed by atoms with Crippen LogP contribution in [0.25, 0.3) is 5.57 Å². The van der Waals surface area contributed by atoms with Gasteiger partial charge in [-0.05, 0) is 24.1 Å². The van der Waals surface area contributed by atoms with Crippen molar-refractivity contribution < 1.29 is 23.8 Å². The van der Waals surface area contributed by atoms with Gasteiger partial charge < -0.3 is 19.1 Å². The lowest BCUT2D eigenvalue weighted by atomic mass is 10.0. The first-order valence-corrected chi connectivity index (χ1v) is 9.77. The molecule has 28 heavy (non-hydrogen) atoms. The minimum absolute atomic E-state index is 0.215. The summed E-state index contributed by atoms with van der Waals surface area (Å²) in [6.45, 7) is 4.80. The zero-order valence-corrected chi connectivity index (χ0v) is 16.8. The number of carbonyl (C=O) groups is 2. The van der Waals surface area contributed by atoms with Gasteiger partial charge in [-0.25, -0.2) is 0 Å². The van der Waals surface area contributed by atoms with Crippen molar-refractivity contribution in [1.82, 2.24) is 9.80 Å². The summed E-state index contributed by atoms with van der Waals surface area (Å²) in [5.74, 6) is 0.650. The van der Waals surface area contributed by atoms with E-state index in [2.05, 4.69) is 6.92 Å². The lowest BCUT2D eigenvalue weighted by Crippen LogP contribution is -2.40. The molecule has 1 aromatic carbocycles. The Morgan fingerprint density at radius 3 is 2.36 bits per heavy atom. The average molecular weight is 388 g/mol. The molecule has 7 nitrogen and oxygen atoms in total. The van der Waals surface area contributed by atoms with E-state index >= 15 is 0 Å². The number of hydrogen-bond acceptors (Lipinski definition) is 6. The standard InChI is InChI=1S/C21H28N2O5/c1-4-5-6-9-23-20(24)18(15-7-8-16(26-2)17(14-15)27-3)19(21(23)25)22-10-12-28-13-11-22/h7-8,14H,4-6,9-13H2,1-3H3. The molecule has 0 aromatic heterocycles. The van der Waals surface area contributed by atoms with E-state index in [-0.39, 0.29) is 11.8 Å². The van der Waals surface area contributed by atoms with Gasteiger partial charge in [0.05, 0.1) is 33.0 Å². The molecule has 2 amide bonds. The Bertz CT molecular complexity index is 768. The van der Waals surface area contributed by atoms with Crippen molar-refractivity contribution in [3.05, 3.63) is 29.5 Å². The molecule has 0 saturated carbocycles. The van der Waals surface area contributed by atoms with Gasteiger partial charge >= 0.3 is 0 Å². The molecular formula is C21H28N2O5. The van der Waals surface area contributed by atoms with Crippen molar-refractivity contribution in [3.8, 4) is 11.5 Å². The topological polar surface area (TPSA) is 68.3 Å². The molecule has 1 aromatic rings. The van der Waals surface area contributed by atoms with E-state index in [4.69, 9.17) is 14.2 Å². The minimum atomic E-state index is -0.241. The number of methoxy groups -OCH3 is 2. The van der Waals surface area contributed by atoms with Crippen LogP contribution < -0.4 is 9.47 Å². The van der Waals surface area contributed by atoms with Gasteiger partial charge in [0, 0.05) is 19.6 Å². The number of carbonyl (C=O) groups excluding carboxylic acids is 2. The molecule has 0 N–H and O–H groups in total. The Morgan fingerprint density at radius 2 is 1.71 bits per heavy atom. The monoisotopic (exact) mass is 388 g/mol. The van der Waals surface area contributed by atoms with Gasteiger partial charge in [-0.3, -0.25) is 14.5 Å². The second-order valence-electron chi connectivity index (χ2n) is 6.86. The van der Waals surface area contributed by atoms with Crippen molar-refractivity contribution in [3.63, 3.8) is 0 Å². The van der Waals surface area contributed by atoms with Crippen LogP contribution in [0.1, 0.15) is 31.7 Å². The van der Waals surface area contributed by atoms with Crippen LogP contribution in [0.4, 0.5) is 0 Å². The molecule has 7 heteroatoms. The maximum Gasteiger partial charge on any atom is 0.277 e. The number of amides is 2. The number of nitrogens with zero attached hydrogens (tertiary/aromatic N) is 2. The lowest BCUT2D eigenvalue weighted by molar-refractivity contribution is -0.137. The second-order valence-corrected chi connectivity index (χ2v) is 6.86. The molecule has 2 aliphatic heterocycles. The Balaban J connectivity index is 2.02. The van der Waals surface area contributed by atoms with E-state index in [1.807, 2.05) is 4.90 Å². The average Bonchev–Trinajstić information content (AvgIpc) is 2.98. The van der Waals surface area contributed by atoms with Crippen LogP contribution in [0.3, 0.4) is 0 Å². The molecule has 1 saturated heterocycles. The Hall–Kier alpha value is -2.54. The van der Waals surface area contributed by atoms with Crippen LogP contribution in [0.2, 0.25) is 0 Å². The van der Waals surface area contributed by atoms with Crippen LogP contribution in [-0.4, -0.2) is 68.7 Å². The molecule has 0 atom stereocenters. The summed E-state index contributed by atoms with van der Waals surface area (Å²) in [6.07, 6.45) is 2.82. The van der Waals surface area contributed by atoms with Gasteiger partial charge in [0.2, 0.25) is 0 Å². The number of imide groups is 1. The normalized spacial score (nSPS) is 17.5. The van der Waals surface area contributed by atoms with Gasteiger partial charge in [0.25, 0.3) is 11.8 Å². The third kappa shape index (κ3) is 3.85. The number of morpholine rings is 1. The van der Waals surface area contributed by atoms with Gasteiger partial charge in [-0.15, -0.1) is 0 Å².